The summed E-state index contributed by atoms with van der Waals surface area (Å²) in [5.41, 5.74) is -0.515. The molecule has 15 heavy (non-hydrogen) atoms. The minimum atomic E-state index is -0.515. The Kier molecular flexibility index (Phi) is 5.02. The lowest BCUT2D eigenvalue weighted by Crippen LogP contribution is -2.40. The summed E-state index contributed by atoms with van der Waals surface area (Å²) < 4.78 is 5.15. The van der Waals surface area contributed by atoms with Crippen molar-refractivity contribution in [2.75, 3.05) is 13.6 Å². The molecule has 5 nitrogen and oxygen atoms in total. The van der Waals surface area contributed by atoms with Gasteiger partial charge in [-0.15, -0.1) is 0 Å². The summed E-state index contributed by atoms with van der Waals surface area (Å²) in [5, 5.41) is 0. The Morgan fingerprint density at radius 3 is 2.47 bits per heavy atom. The number of carbonyl (C=O) groups is 1. The van der Waals surface area contributed by atoms with E-state index in [2.05, 4.69) is 4.99 Å². The Morgan fingerprint density at radius 2 is 2.07 bits per heavy atom. The van der Waals surface area contributed by atoms with Crippen molar-refractivity contribution in [1.82, 2.24) is 4.90 Å². The third kappa shape index (κ3) is 5.86. The van der Waals surface area contributed by atoms with Crippen LogP contribution in [-0.4, -0.2) is 42.3 Å². The molecule has 0 rings (SSSR count). The molecule has 0 bridgehead atoms. The highest BCUT2D eigenvalue weighted by Gasteiger charge is 2.22. The van der Waals surface area contributed by atoms with Gasteiger partial charge in [0.1, 0.15) is 5.60 Å². The molecular weight excluding hydrogens is 196 g/mol. The highest BCUT2D eigenvalue weighted by atomic mass is 16.6. The zero-order chi connectivity index (χ0) is 12.1. The Balaban J connectivity index is 4.25. The van der Waals surface area contributed by atoms with Gasteiger partial charge >= 0.3 is 6.09 Å². The lowest BCUT2D eigenvalue weighted by Gasteiger charge is -2.27. The van der Waals surface area contributed by atoms with Gasteiger partial charge in [0, 0.05) is 7.05 Å². The molecule has 0 radical (unpaired) electrons. The van der Waals surface area contributed by atoms with Gasteiger partial charge < -0.3 is 9.64 Å². The Bertz CT molecular complexity index is 264. The minimum Gasteiger partial charge on any atom is -0.444 e. The molecule has 1 amide bonds. The van der Waals surface area contributed by atoms with Gasteiger partial charge in [-0.1, -0.05) is 0 Å². The maximum Gasteiger partial charge on any atom is 0.410 e. The first kappa shape index (κ1) is 13.7. The number of nitrogens with zero attached hydrogens (tertiary/aromatic N) is 2. The van der Waals surface area contributed by atoms with E-state index >= 15 is 0 Å². The number of rotatable bonds is 3. The average molecular weight is 214 g/mol. The van der Waals surface area contributed by atoms with Crippen molar-refractivity contribution < 1.29 is 14.3 Å². The van der Waals surface area contributed by atoms with Crippen LogP contribution in [0.1, 0.15) is 27.7 Å². The van der Waals surface area contributed by atoms with Crippen LogP contribution in [-0.2, 0) is 9.53 Å². The molecule has 0 aliphatic carbocycles. The largest absolute Gasteiger partial charge is 0.444 e. The second kappa shape index (κ2) is 5.51. The Hall–Kier alpha value is -1.35. The van der Waals surface area contributed by atoms with Crippen LogP contribution in [0.25, 0.3) is 0 Å². The molecule has 0 aromatic heterocycles. The van der Waals surface area contributed by atoms with Crippen LogP contribution in [0.5, 0.6) is 0 Å². The fraction of sp³-hybridized carbons (Fsp3) is 0.800. The van der Waals surface area contributed by atoms with Crippen LogP contribution in [0.15, 0.2) is 4.99 Å². The molecule has 0 aromatic carbocycles. The topological polar surface area (TPSA) is 59.0 Å². The lowest BCUT2D eigenvalue weighted by atomic mass is 10.2. The van der Waals surface area contributed by atoms with Gasteiger partial charge in [-0.25, -0.2) is 14.6 Å². The molecule has 0 aromatic rings. The molecule has 0 heterocycles. The summed E-state index contributed by atoms with van der Waals surface area (Å²) in [4.78, 5) is 26.3. The maximum absolute atomic E-state index is 11.5. The van der Waals surface area contributed by atoms with E-state index in [1.165, 1.54) is 11.0 Å². The zero-order valence-corrected chi connectivity index (χ0v) is 9.90. The molecule has 0 N–H and O–H groups in total. The van der Waals surface area contributed by atoms with Crippen LogP contribution >= 0.6 is 0 Å². The first-order chi connectivity index (χ1) is 6.78. The smallest absolute Gasteiger partial charge is 0.410 e. The van der Waals surface area contributed by atoms with Gasteiger partial charge in [0.05, 0.1) is 12.6 Å². The van der Waals surface area contributed by atoms with E-state index in [4.69, 9.17) is 4.74 Å². The van der Waals surface area contributed by atoms with Crippen molar-refractivity contribution in [3.63, 3.8) is 0 Å². The van der Waals surface area contributed by atoms with Crippen molar-refractivity contribution in [1.29, 1.82) is 0 Å². The predicted molar refractivity (Wildman–Crippen MR) is 56.4 cm³/mol. The molecule has 1 unspecified atom stereocenters. The predicted octanol–water partition coefficient (Wildman–Crippen LogP) is 1.58. The standard InChI is InChI=1S/C10H18N2O3/c1-8(6-11-7-13)12(5)9(14)15-10(2,3)4/h8H,6H2,1-5H3. The van der Waals surface area contributed by atoms with Crippen LogP contribution < -0.4 is 0 Å². The quantitative estimate of drug-likeness (QED) is 0.529. The SMILES string of the molecule is CC(CN=C=O)N(C)C(=O)OC(C)(C)C. The fourth-order valence-corrected chi connectivity index (χ4v) is 0.806. The first-order valence-corrected chi connectivity index (χ1v) is 4.77. The summed E-state index contributed by atoms with van der Waals surface area (Å²) in [6.07, 6.45) is 1.02. The van der Waals surface area contributed by atoms with Crippen LogP contribution in [0, 0.1) is 0 Å². The van der Waals surface area contributed by atoms with Gasteiger partial charge in [-0.05, 0) is 27.7 Å². The van der Waals surface area contributed by atoms with Crippen molar-refractivity contribution >= 4 is 12.2 Å². The molecule has 0 saturated heterocycles. The Labute approximate surface area is 90.1 Å². The van der Waals surface area contributed by atoms with E-state index in [0.29, 0.717) is 0 Å². The number of hydrogen-bond acceptors (Lipinski definition) is 4. The van der Waals surface area contributed by atoms with Gasteiger partial charge in [0.15, 0.2) is 0 Å². The van der Waals surface area contributed by atoms with Gasteiger partial charge in [0.25, 0.3) is 0 Å². The van der Waals surface area contributed by atoms with E-state index in [9.17, 15) is 9.59 Å². The van der Waals surface area contributed by atoms with Crippen molar-refractivity contribution in [2.45, 2.75) is 39.3 Å². The Morgan fingerprint density at radius 1 is 1.53 bits per heavy atom. The molecule has 5 heteroatoms. The monoisotopic (exact) mass is 214 g/mol. The molecule has 0 aliphatic heterocycles. The first-order valence-electron chi connectivity index (χ1n) is 4.77. The third-order valence-electron chi connectivity index (χ3n) is 1.76. The number of likely N-dealkylation sites (N-methyl/N-ethyl adjacent to an activating group) is 1. The molecule has 1 atom stereocenters. The molecule has 86 valence electrons. The van der Waals surface area contributed by atoms with E-state index in [0.717, 1.165) is 0 Å². The molecule has 0 spiro atoms. The third-order valence-corrected chi connectivity index (χ3v) is 1.76. The summed E-state index contributed by atoms with van der Waals surface area (Å²) in [6, 6.07) is -0.179. The lowest BCUT2D eigenvalue weighted by molar-refractivity contribution is 0.0242. The normalized spacial score (nSPS) is 12.6. The van der Waals surface area contributed by atoms with Crippen LogP contribution in [0.2, 0.25) is 0 Å². The van der Waals surface area contributed by atoms with Gasteiger partial charge in [-0.3, -0.25) is 0 Å². The highest BCUT2D eigenvalue weighted by molar-refractivity contribution is 5.68. The van der Waals surface area contributed by atoms with Crippen LogP contribution in [0.3, 0.4) is 0 Å². The van der Waals surface area contributed by atoms with Crippen molar-refractivity contribution in [2.24, 2.45) is 4.99 Å². The van der Waals surface area contributed by atoms with Crippen LogP contribution in [0.4, 0.5) is 4.79 Å². The van der Waals surface area contributed by atoms with E-state index in [-0.39, 0.29) is 12.6 Å². The molecular formula is C10H18N2O3. The average Bonchev–Trinajstić information content (AvgIpc) is 2.10. The number of hydrogen-bond donors (Lipinski definition) is 0. The summed E-state index contributed by atoms with van der Waals surface area (Å²) in [7, 11) is 1.61. The molecule has 0 aliphatic rings. The zero-order valence-electron chi connectivity index (χ0n) is 9.90. The summed E-state index contributed by atoms with van der Waals surface area (Å²) in [5.74, 6) is 0. The van der Waals surface area contributed by atoms with E-state index < -0.39 is 11.7 Å². The molecule has 0 fully saturated rings. The van der Waals surface area contributed by atoms with E-state index in [1.54, 1.807) is 34.7 Å². The highest BCUT2D eigenvalue weighted by Crippen LogP contribution is 2.10. The summed E-state index contributed by atoms with van der Waals surface area (Å²) >= 11 is 0. The van der Waals surface area contributed by atoms with Crippen molar-refractivity contribution in [3.8, 4) is 0 Å². The second-order valence-electron chi connectivity index (χ2n) is 4.37. The van der Waals surface area contributed by atoms with Gasteiger partial charge in [0.2, 0.25) is 6.08 Å². The summed E-state index contributed by atoms with van der Waals surface area (Å²) in [6.45, 7) is 7.41. The van der Waals surface area contributed by atoms with E-state index in [1.807, 2.05) is 0 Å². The fourth-order valence-electron chi connectivity index (χ4n) is 0.806. The number of carbonyl (C=O) groups excluding carboxylic acids is 2. The number of isocyanates is 1. The number of aliphatic imine (C=N–C) groups is 1. The minimum absolute atomic E-state index is 0.179. The number of amides is 1. The molecule has 0 saturated carbocycles. The number of ether oxygens (including phenoxy) is 1. The second-order valence-corrected chi connectivity index (χ2v) is 4.37. The maximum atomic E-state index is 11.5. The van der Waals surface area contributed by atoms with Crippen molar-refractivity contribution in [3.05, 3.63) is 0 Å². The van der Waals surface area contributed by atoms with Gasteiger partial charge in [-0.2, -0.15) is 0 Å².